The second-order valence-electron chi connectivity index (χ2n) is 7.33. The summed E-state index contributed by atoms with van der Waals surface area (Å²) in [5, 5.41) is 2.00. The van der Waals surface area contributed by atoms with Crippen LogP contribution in [0.1, 0.15) is 32.6 Å². The fraction of sp³-hybridized carbons (Fsp3) is 0.304. The Kier molecular flexibility index (Phi) is 5.79. The maximum absolute atomic E-state index is 6.58. The fourth-order valence-electron chi connectivity index (χ4n) is 3.95. The van der Waals surface area contributed by atoms with Gasteiger partial charge in [0.05, 0.1) is 11.4 Å². The van der Waals surface area contributed by atoms with Gasteiger partial charge in [0.1, 0.15) is 12.0 Å². The number of nitrogens with zero attached hydrogens (tertiary/aromatic N) is 4. The molecule has 1 fully saturated rings. The van der Waals surface area contributed by atoms with E-state index in [1.54, 1.807) is 6.33 Å². The molecule has 0 radical (unpaired) electrons. The van der Waals surface area contributed by atoms with Crippen molar-refractivity contribution in [3.8, 4) is 0 Å². The van der Waals surface area contributed by atoms with E-state index in [1.165, 1.54) is 19.3 Å². The first-order valence-corrected chi connectivity index (χ1v) is 10.3. The number of hydrogen-bond acceptors (Lipinski definition) is 6. The molecular formula is C23H28N6. The maximum atomic E-state index is 6.58. The monoisotopic (exact) mass is 388 g/mol. The Hall–Kier alpha value is -3.28. The molecule has 1 aliphatic rings. The smallest absolute Gasteiger partial charge is 0.173 e. The van der Waals surface area contributed by atoms with Gasteiger partial charge in [-0.05, 0) is 49.9 Å². The van der Waals surface area contributed by atoms with Gasteiger partial charge >= 0.3 is 0 Å². The highest BCUT2D eigenvalue weighted by Gasteiger charge is 2.25. The molecule has 150 valence electrons. The lowest BCUT2D eigenvalue weighted by Crippen LogP contribution is -2.40. The first kappa shape index (κ1) is 19.1. The second-order valence-corrected chi connectivity index (χ2v) is 7.33. The molecule has 2 aromatic carbocycles. The van der Waals surface area contributed by atoms with Crippen molar-refractivity contribution in [2.24, 2.45) is 0 Å². The number of nitrogen functional groups attached to an aromatic ring is 1. The summed E-state index contributed by atoms with van der Waals surface area (Å²) in [6, 6.07) is 20.8. The van der Waals surface area contributed by atoms with Crippen molar-refractivity contribution >= 4 is 28.7 Å². The minimum atomic E-state index is 0.480. The van der Waals surface area contributed by atoms with E-state index in [-0.39, 0.29) is 0 Å². The van der Waals surface area contributed by atoms with E-state index in [4.69, 9.17) is 5.73 Å². The predicted molar refractivity (Wildman–Crippen MR) is 120 cm³/mol. The predicted octanol–water partition coefficient (Wildman–Crippen LogP) is 4.99. The van der Waals surface area contributed by atoms with Crippen LogP contribution in [-0.2, 0) is 0 Å². The van der Waals surface area contributed by atoms with Gasteiger partial charge in [-0.15, -0.1) is 0 Å². The molecule has 0 amide bonds. The highest BCUT2D eigenvalue weighted by molar-refractivity contribution is 5.78. The van der Waals surface area contributed by atoms with Crippen LogP contribution in [0.4, 0.5) is 28.7 Å². The first-order valence-electron chi connectivity index (χ1n) is 10.3. The fourth-order valence-corrected chi connectivity index (χ4v) is 3.95. The summed E-state index contributed by atoms with van der Waals surface area (Å²) < 4.78 is 0. The van der Waals surface area contributed by atoms with E-state index in [2.05, 4.69) is 51.5 Å². The third-order valence-corrected chi connectivity index (χ3v) is 5.48. The summed E-state index contributed by atoms with van der Waals surface area (Å²) in [4.78, 5) is 11.4. The van der Waals surface area contributed by atoms with Gasteiger partial charge in [0, 0.05) is 12.6 Å². The Bertz CT molecular complexity index is 876. The number of hydrazine groups is 1. The molecule has 4 rings (SSSR count). The van der Waals surface area contributed by atoms with Crippen LogP contribution in [0, 0.1) is 0 Å². The third kappa shape index (κ3) is 4.11. The Morgan fingerprint density at radius 1 is 1.00 bits per heavy atom. The molecule has 0 bridgehead atoms. The van der Waals surface area contributed by atoms with E-state index in [1.807, 2.05) is 41.4 Å². The van der Waals surface area contributed by atoms with Crippen molar-refractivity contribution < 1.29 is 0 Å². The van der Waals surface area contributed by atoms with Gasteiger partial charge in [-0.3, -0.25) is 10.4 Å². The summed E-state index contributed by atoms with van der Waals surface area (Å²) in [6.07, 6.45) is 6.31. The largest absolute Gasteiger partial charge is 0.393 e. The standard InChI is InChI=1S/C23H28N6/c1-2-18-11-9-10-16-28(18)23-21(24)22(25-17-26-23)27-29(19-12-5-3-6-13-19)20-14-7-4-8-15-20/h3-8,12-15,17-18H,2,9-11,16,24H2,1H3,(H,25,26,27). The zero-order valence-electron chi connectivity index (χ0n) is 16.8. The summed E-state index contributed by atoms with van der Waals surface area (Å²) in [5.74, 6) is 1.44. The van der Waals surface area contributed by atoms with Crippen LogP contribution in [0.15, 0.2) is 67.0 Å². The third-order valence-electron chi connectivity index (χ3n) is 5.48. The Balaban J connectivity index is 1.68. The van der Waals surface area contributed by atoms with Crippen LogP contribution in [0.2, 0.25) is 0 Å². The zero-order chi connectivity index (χ0) is 20.1. The van der Waals surface area contributed by atoms with Crippen LogP contribution >= 0.6 is 0 Å². The summed E-state index contributed by atoms with van der Waals surface area (Å²) in [7, 11) is 0. The van der Waals surface area contributed by atoms with Crippen LogP contribution < -0.4 is 21.1 Å². The summed E-state index contributed by atoms with van der Waals surface area (Å²) in [5.41, 5.74) is 12.6. The van der Waals surface area contributed by atoms with Crippen molar-refractivity contribution in [1.29, 1.82) is 0 Å². The molecule has 2 heterocycles. The van der Waals surface area contributed by atoms with E-state index in [0.717, 1.165) is 30.2 Å². The highest BCUT2D eigenvalue weighted by atomic mass is 15.5. The normalized spacial score (nSPS) is 16.4. The molecule has 1 atom stereocenters. The van der Waals surface area contributed by atoms with Gasteiger partial charge in [-0.2, -0.15) is 0 Å². The van der Waals surface area contributed by atoms with Gasteiger partial charge in [0.2, 0.25) is 0 Å². The molecular weight excluding hydrogens is 360 g/mol. The molecule has 3 N–H and O–H groups in total. The molecule has 1 aromatic heterocycles. The maximum Gasteiger partial charge on any atom is 0.173 e. The molecule has 29 heavy (non-hydrogen) atoms. The molecule has 6 nitrogen and oxygen atoms in total. The SMILES string of the molecule is CCC1CCCCN1c1ncnc(NN(c2ccccc2)c2ccccc2)c1N. The summed E-state index contributed by atoms with van der Waals surface area (Å²) in [6.45, 7) is 3.21. The minimum absolute atomic E-state index is 0.480. The zero-order valence-corrected chi connectivity index (χ0v) is 16.8. The molecule has 1 aliphatic heterocycles. The Morgan fingerprint density at radius 2 is 1.66 bits per heavy atom. The van der Waals surface area contributed by atoms with Crippen LogP contribution in [-0.4, -0.2) is 22.6 Å². The molecule has 0 saturated carbocycles. The summed E-state index contributed by atoms with van der Waals surface area (Å²) >= 11 is 0. The van der Waals surface area contributed by atoms with Crippen molar-refractivity contribution in [3.05, 3.63) is 67.0 Å². The van der Waals surface area contributed by atoms with E-state index >= 15 is 0 Å². The van der Waals surface area contributed by atoms with Crippen LogP contribution in [0.25, 0.3) is 0 Å². The van der Waals surface area contributed by atoms with Gasteiger partial charge in [-0.25, -0.2) is 9.97 Å². The lowest BCUT2D eigenvalue weighted by molar-refractivity contribution is 0.447. The molecule has 1 saturated heterocycles. The van der Waals surface area contributed by atoms with E-state index in [9.17, 15) is 0 Å². The number of hydrogen-bond donors (Lipinski definition) is 2. The Labute approximate surface area is 172 Å². The first-order chi connectivity index (χ1) is 14.3. The molecule has 3 aromatic rings. The molecule has 1 unspecified atom stereocenters. The van der Waals surface area contributed by atoms with E-state index < -0.39 is 0 Å². The lowest BCUT2D eigenvalue weighted by atomic mass is 10.00. The number of rotatable bonds is 6. The average molecular weight is 389 g/mol. The van der Waals surface area contributed by atoms with Gasteiger partial charge in [0.25, 0.3) is 0 Å². The number of para-hydroxylation sites is 2. The van der Waals surface area contributed by atoms with Crippen molar-refractivity contribution in [2.75, 3.05) is 27.6 Å². The van der Waals surface area contributed by atoms with Crippen LogP contribution in [0.3, 0.4) is 0 Å². The van der Waals surface area contributed by atoms with Crippen molar-refractivity contribution in [2.45, 2.75) is 38.6 Å². The second kappa shape index (κ2) is 8.82. The number of nitrogens with one attached hydrogen (secondary N) is 1. The topological polar surface area (TPSA) is 70.3 Å². The average Bonchev–Trinajstić information content (AvgIpc) is 2.79. The molecule has 6 heteroatoms. The number of aromatic nitrogens is 2. The number of piperidine rings is 1. The van der Waals surface area contributed by atoms with Gasteiger partial charge in [0.15, 0.2) is 11.6 Å². The number of benzene rings is 2. The van der Waals surface area contributed by atoms with Gasteiger partial charge < -0.3 is 10.6 Å². The lowest BCUT2D eigenvalue weighted by Gasteiger charge is -2.37. The van der Waals surface area contributed by atoms with Crippen molar-refractivity contribution in [1.82, 2.24) is 9.97 Å². The number of nitrogens with two attached hydrogens (primary N) is 1. The quantitative estimate of drug-likeness (QED) is 0.580. The van der Waals surface area contributed by atoms with Crippen molar-refractivity contribution in [3.63, 3.8) is 0 Å². The molecule has 0 aliphatic carbocycles. The van der Waals surface area contributed by atoms with Crippen LogP contribution in [0.5, 0.6) is 0 Å². The van der Waals surface area contributed by atoms with E-state index in [0.29, 0.717) is 17.5 Å². The van der Waals surface area contributed by atoms with Gasteiger partial charge in [-0.1, -0.05) is 43.3 Å². The Morgan fingerprint density at radius 3 is 2.28 bits per heavy atom. The highest BCUT2D eigenvalue weighted by Crippen LogP contribution is 2.34. The minimum Gasteiger partial charge on any atom is -0.393 e. The molecule has 0 spiro atoms. The number of anilines is 5.